The van der Waals surface area contributed by atoms with Crippen LogP contribution in [0.25, 0.3) is 0 Å². The van der Waals surface area contributed by atoms with Crippen molar-refractivity contribution in [2.75, 3.05) is 17.5 Å². The smallest absolute Gasteiger partial charge is 0.303 e. The molecule has 4 nitrogen and oxygen atoms in total. The molecule has 0 aromatic heterocycles. The molecule has 1 amide bonds. The number of carbonyl (C=O) groups excluding carboxylic acids is 2. The van der Waals surface area contributed by atoms with Crippen molar-refractivity contribution < 1.29 is 14.3 Å². The van der Waals surface area contributed by atoms with E-state index in [4.69, 9.17) is 16.3 Å². The molecule has 5 heteroatoms. The second-order valence-electron chi connectivity index (χ2n) is 5.82. The van der Waals surface area contributed by atoms with Crippen LogP contribution in [-0.4, -0.2) is 24.5 Å². The van der Waals surface area contributed by atoms with E-state index in [2.05, 4.69) is 27.7 Å². The van der Waals surface area contributed by atoms with E-state index in [9.17, 15) is 9.59 Å². The fourth-order valence-corrected chi connectivity index (χ4v) is 2.57. The molecule has 0 saturated heterocycles. The summed E-state index contributed by atoms with van der Waals surface area (Å²) in [5, 5.41) is 0. The molecule has 0 radical (unpaired) electrons. The third kappa shape index (κ3) is 4.47. The number of ether oxygens (including phenoxy) is 1. The van der Waals surface area contributed by atoms with Crippen LogP contribution in [0.4, 0.5) is 5.69 Å². The Balaban J connectivity index is 3.29. The number of nitrogens with zero attached hydrogens (tertiary/aromatic N) is 1. The number of rotatable bonds is 6. The summed E-state index contributed by atoms with van der Waals surface area (Å²) in [4.78, 5) is 24.8. The van der Waals surface area contributed by atoms with Crippen molar-refractivity contribution in [2.45, 2.75) is 46.5 Å². The number of hydrogen-bond donors (Lipinski definition) is 0. The van der Waals surface area contributed by atoms with Gasteiger partial charge >= 0.3 is 5.97 Å². The Kier molecular flexibility index (Phi) is 6.88. The van der Waals surface area contributed by atoms with Crippen LogP contribution < -0.4 is 4.90 Å². The highest BCUT2D eigenvalue weighted by atomic mass is 35.5. The van der Waals surface area contributed by atoms with Crippen LogP contribution in [-0.2, 0) is 14.3 Å². The number of halogens is 1. The van der Waals surface area contributed by atoms with E-state index >= 15 is 0 Å². The van der Waals surface area contributed by atoms with Crippen LogP contribution in [0.3, 0.4) is 0 Å². The van der Waals surface area contributed by atoms with Crippen molar-refractivity contribution in [2.24, 2.45) is 0 Å². The first-order valence-electron chi connectivity index (χ1n) is 7.42. The average Bonchev–Trinajstić information content (AvgIpc) is 2.45. The number of alkyl halides is 1. The molecule has 0 aliphatic heterocycles. The lowest BCUT2D eigenvalue weighted by Crippen LogP contribution is -2.35. The van der Waals surface area contributed by atoms with Gasteiger partial charge in [0, 0.05) is 6.92 Å². The molecule has 122 valence electrons. The van der Waals surface area contributed by atoms with Crippen molar-refractivity contribution >= 4 is 29.2 Å². The minimum Gasteiger partial charge on any atom is -0.456 e. The molecule has 0 bridgehead atoms. The van der Waals surface area contributed by atoms with Gasteiger partial charge in [0.2, 0.25) is 0 Å². The third-order valence-electron chi connectivity index (χ3n) is 3.43. The number of hydrogen-bond acceptors (Lipinski definition) is 3. The first-order valence-corrected chi connectivity index (χ1v) is 7.95. The van der Waals surface area contributed by atoms with Gasteiger partial charge in [-0.15, -0.1) is 11.6 Å². The zero-order valence-corrected chi connectivity index (χ0v) is 14.6. The van der Waals surface area contributed by atoms with E-state index in [1.54, 1.807) is 0 Å². The summed E-state index contributed by atoms with van der Waals surface area (Å²) >= 11 is 6.03. The van der Waals surface area contributed by atoms with E-state index in [-0.39, 0.29) is 30.4 Å². The van der Waals surface area contributed by atoms with Crippen molar-refractivity contribution in [3.8, 4) is 0 Å². The largest absolute Gasteiger partial charge is 0.456 e. The summed E-state index contributed by atoms with van der Waals surface area (Å²) < 4.78 is 4.82. The Morgan fingerprint density at radius 1 is 1.14 bits per heavy atom. The number of amides is 1. The fraction of sp³-hybridized carbons (Fsp3) is 0.529. The first-order chi connectivity index (χ1) is 10.3. The zero-order valence-electron chi connectivity index (χ0n) is 13.9. The molecule has 0 N–H and O–H groups in total. The van der Waals surface area contributed by atoms with Crippen LogP contribution in [0.1, 0.15) is 57.6 Å². The molecular formula is C17H24ClNO3. The standard InChI is InChI=1S/C17H24ClNO3/c1-11(2)14-7-6-8-15(12(3)4)17(14)19(10-18)16(21)9-22-13(5)20/h6-8,11-12H,9-10H2,1-5H3. The number of anilines is 1. The van der Waals surface area contributed by atoms with Gasteiger partial charge in [0.1, 0.15) is 6.00 Å². The second kappa shape index (κ2) is 8.18. The normalized spacial score (nSPS) is 10.9. The molecule has 0 aliphatic carbocycles. The summed E-state index contributed by atoms with van der Waals surface area (Å²) in [6.45, 7) is 9.28. The van der Waals surface area contributed by atoms with Gasteiger partial charge in [-0.1, -0.05) is 45.9 Å². The SMILES string of the molecule is CC(=O)OCC(=O)N(CCl)c1c(C(C)C)cccc1C(C)C. The highest BCUT2D eigenvalue weighted by Gasteiger charge is 2.24. The van der Waals surface area contributed by atoms with E-state index in [1.165, 1.54) is 11.8 Å². The summed E-state index contributed by atoms with van der Waals surface area (Å²) in [6.07, 6.45) is 0. The van der Waals surface area contributed by atoms with Gasteiger partial charge in [-0.05, 0) is 23.0 Å². The fourth-order valence-electron chi connectivity index (χ4n) is 2.32. The number of esters is 1. The van der Waals surface area contributed by atoms with Gasteiger partial charge in [0.15, 0.2) is 6.61 Å². The zero-order chi connectivity index (χ0) is 16.9. The lowest BCUT2D eigenvalue weighted by atomic mass is 9.92. The maximum absolute atomic E-state index is 12.4. The molecule has 0 aliphatic rings. The molecule has 1 rings (SSSR count). The molecule has 0 saturated carbocycles. The average molecular weight is 326 g/mol. The molecule has 1 aromatic rings. The first kappa shape index (κ1) is 18.5. The van der Waals surface area contributed by atoms with Crippen LogP contribution in [0, 0.1) is 0 Å². The predicted molar refractivity (Wildman–Crippen MR) is 89.5 cm³/mol. The Bertz CT molecular complexity index is 514. The Morgan fingerprint density at radius 3 is 2.00 bits per heavy atom. The summed E-state index contributed by atoms with van der Waals surface area (Å²) in [7, 11) is 0. The molecule has 0 heterocycles. The summed E-state index contributed by atoms with van der Waals surface area (Å²) in [6, 6.07) is 6.02. The summed E-state index contributed by atoms with van der Waals surface area (Å²) in [5.41, 5.74) is 2.95. The van der Waals surface area contributed by atoms with E-state index < -0.39 is 5.97 Å². The molecule has 0 fully saturated rings. The molecule has 1 aromatic carbocycles. The van der Waals surface area contributed by atoms with Crippen LogP contribution in [0.2, 0.25) is 0 Å². The number of carbonyl (C=O) groups is 2. The van der Waals surface area contributed by atoms with Crippen molar-refractivity contribution in [1.29, 1.82) is 0 Å². The van der Waals surface area contributed by atoms with Crippen molar-refractivity contribution in [1.82, 2.24) is 0 Å². The third-order valence-corrected chi connectivity index (χ3v) is 3.67. The second-order valence-corrected chi connectivity index (χ2v) is 6.06. The van der Waals surface area contributed by atoms with Crippen molar-refractivity contribution in [3.05, 3.63) is 29.3 Å². The quantitative estimate of drug-likeness (QED) is 0.451. The molecule has 22 heavy (non-hydrogen) atoms. The highest BCUT2D eigenvalue weighted by molar-refractivity contribution is 6.21. The van der Waals surface area contributed by atoms with Gasteiger partial charge in [0.05, 0.1) is 5.69 Å². The minimum atomic E-state index is -0.482. The van der Waals surface area contributed by atoms with Crippen molar-refractivity contribution in [3.63, 3.8) is 0 Å². The Morgan fingerprint density at radius 2 is 1.64 bits per heavy atom. The Hall–Kier alpha value is -1.55. The number of para-hydroxylation sites is 1. The highest BCUT2D eigenvalue weighted by Crippen LogP contribution is 2.35. The molecular weight excluding hydrogens is 302 g/mol. The van der Waals surface area contributed by atoms with Crippen LogP contribution >= 0.6 is 11.6 Å². The van der Waals surface area contributed by atoms with Gasteiger partial charge < -0.3 is 4.74 Å². The van der Waals surface area contributed by atoms with Gasteiger partial charge in [-0.25, -0.2) is 0 Å². The maximum atomic E-state index is 12.4. The van der Waals surface area contributed by atoms with Gasteiger partial charge in [0.25, 0.3) is 5.91 Å². The van der Waals surface area contributed by atoms with E-state index in [0.717, 1.165) is 16.8 Å². The van der Waals surface area contributed by atoms with E-state index in [1.807, 2.05) is 18.2 Å². The van der Waals surface area contributed by atoms with Gasteiger partial charge in [-0.2, -0.15) is 0 Å². The Labute approximate surface area is 137 Å². The minimum absolute atomic E-state index is 0.0174. The lowest BCUT2D eigenvalue weighted by molar-refractivity contribution is -0.145. The molecule has 0 atom stereocenters. The molecule has 0 spiro atoms. The monoisotopic (exact) mass is 325 g/mol. The number of benzene rings is 1. The lowest BCUT2D eigenvalue weighted by Gasteiger charge is -2.28. The topological polar surface area (TPSA) is 46.6 Å². The maximum Gasteiger partial charge on any atom is 0.303 e. The summed E-state index contributed by atoms with van der Waals surface area (Å²) in [5.74, 6) is -0.300. The predicted octanol–water partition coefficient (Wildman–Crippen LogP) is 4.03. The van der Waals surface area contributed by atoms with Gasteiger partial charge in [-0.3, -0.25) is 14.5 Å². The van der Waals surface area contributed by atoms with E-state index in [0.29, 0.717) is 0 Å². The van der Waals surface area contributed by atoms with Crippen LogP contribution in [0.15, 0.2) is 18.2 Å². The van der Waals surface area contributed by atoms with Crippen LogP contribution in [0.5, 0.6) is 0 Å². The molecule has 0 unspecified atom stereocenters.